The van der Waals surface area contributed by atoms with E-state index in [2.05, 4.69) is 10.2 Å². The van der Waals surface area contributed by atoms with E-state index in [0.717, 1.165) is 39.0 Å². The number of rotatable bonds is 2. The van der Waals surface area contributed by atoms with Crippen LogP contribution < -0.4 is 5.32 Å². The Labute approximate surface area is 68.4 Å². The number of nitrogens with zero attached hydrogens (tertiary/aromatic N) is 1. The predicted octanol–water partition coefficient (Wildman–Crippen LogP) is 0.0101. The molecule has 3 nitrogen and oxygen atoms in total. The van der Waals surface area contributed by atoms with Gasteiger partial charge in [-0.2, -0.15) is 0 Å². The van der Waals surface area contributed by atoms with E-state index < -0.39 is 0 Å². The van der Waals surface area contributed by atoms with Gasteiger partial charge in [-0.05, 0) is 19.4 Å². The summed E-state index contributed by atoms with van der Waals surface area (Å²) in [6.45, 7) is 6.13. The molecule has 0 aromatic carbocycles. The van der Waals surface area contributed by atoms with Crippen LogP contribution in [0.1, 0.15) is 19.8 Å². The Morgan fingerprint density at radius 1 is 1.45 bits per heavy atom. The maximum atomic E-state index is 9.51. The summed E-state index contributed by atoms with van der Waals surface area (Å²) in [5.41, 5.74) is 0. The molecular weight excluding hydrogens is 140 g/mol. The zero-order chi connectivity index (χ0) is 8.10. The van der Waals surface area contributed by atoms with Gasteiger partial charge < -0.3 is 10.4 Å². The highest BCUT2D eigenvalue weighted by Gasteiger charge is 2.14. The van der Waals surface area contributed by atoms with Gasteiger partial charge in [0, 0.05) is 19.6 Å². The average molecular weight is 158 g/mol. The lowest BCUT2D eigenvalue weighted by Gasteiger charge is -2.24. The van der Waals surface area contributed by atoms with Crippen LogP contribution in [0.25, 0.3) is 0 Å². The second kappa shape index (κ2) is 4.70. The fraction of sp³-hybridized carbons (Fsp3) is 1.00. The molecule has 2 N–H and O–H groups in total. The van der Waals surface area contributed by atoms with Crippen LogP contribution in [0.5, 0.6) is 0 Å². The molecule has 0 aliphatic carbocycles. The maximum absolute atomic E-state index is 9.51. The van der Waals surface area contributed by atoms with Crippen LogP contribution in [0.3, 0.4) is 0 Å². The van der Waals surface area contributed by atoms with Crippen LogP contribution in [-0.2, 0) is 0 Å². The van der Waals surface area contributed by atoms with Crippen LogP contribution in [0, 0.1) is 0 Å². The summed E-state index contributed by atoms with van der Waals surface area (Å²) in [6.07, 6.45) is 1.76. The Kier molecular flexibility index (Phi) is 3.83. The Morgan fingerprint density at radius 2 is 2.27 bits per heavy atom. The molecule has 0 spiro atoms. The van der Waals surface area contributed by atoms with Gasteiger partial charge in [-0.3, -0.25) is 4.90 Å². The zero-order valence-electron chi connectivity index (χ0n) is 7.21. The molecule has 66 valence electrons. The van der Waals surface area contributed by atoms with E-state index >= 15 is 0 Å². The van der Waals surface area contributed by atoms with E-state index in [1.807, 2.05) is 6.92 Å². The highest BCUT2D eigenvalue weighted by Crippen LogP contribution is 2.02. The van der Waals surface area contributed by atoms with Crippen LogP contribution >= 0.6 is 0 Å². The quantitative estimate of drug-likeness (QED) is 0.594. The molecule has 0 amide bonds. The molecule has 0 bridgehead atoms. The smallest absolute Gasteiger partial charge is 0.107 e. The van der Waals surface area contributed by atoms with Gasteiger partial charge in [0.1, 0.15) is 6.23 Å². The third-order valence-corrected chi connectivity index (χ3v) is 2.16. The molecule has 1 atom stereocenters. The van der Waals surface area contributed by atoms with E-state index in [9.17, 15) is 5.11 Å². The van der Waals surface area contributed by atoms with E-state index in [-0.39, 0.29) is 6.23 Å². The predicted molar refractivity (Wildman–Crippen MR) is 45.4 cm³/mol. The van der Waals surface area contributed by atoms with Gasteiger partial charge in [0.05, 0.1) is 0 Å². The van der Waals surface area contributed by atoms with Crippen molar-refractivity contribution in [3.63, 3.8) is 0 Å². The molecule has 0 aromatic rings. The molecule has 1 unspecified atom stereocenters. The lowest BCUT2D eigenvalue weighted by atomic mass is 10.3. The van der Waals surface area contributed by atoms with Crippen LogP contribution in [0.2, 0.25) is 0 Å². The molecule has 3 heteroatoms. The third kappa shape index (κ3) is 2.77. The average Bonchev–Trinajstić information content (AvgIpc) is 2.30. The van der Waals surface area contributed by atoms with Crippen LogP contribution in [0.4, 0.5) is 0 Å². The summed E-state index contributed by atoms with van der Waals surface area (Å²) in [7, 11) is 0. The number of aliphatic hydroxyl groups excluding tert-OH is 1. The summed E-state index contributed by atoms with van der Waals surface area (Å²) in [6, 6.07) is 0. The first-order chi connectivity index (χ1) is 5.34. The molecule has 0 aromatic heterocycles. The van der Waals surface area contributed by atoms with Crippen molar-refractivity contribution in [1.82, 2.24) is 10.2 Å². The first-order valence-electron chi connectivity index (χ1n) is 4.47. The molecular formula is C8H18N2O. The number of aliphatic hydroxyl groups is 1. The Hall–Kier alpha value is -0.120. The highest BCUT2D eigenvalue weighted by atomic mass is 16.3. The minimum atomic E-state index is -0.227. The monoisotopic (exact) mass is 158 g/mol. The minimum Gasteiger partial charge on any atom is -0.378 e. The van der Waals surface area contributed by atoms with Gasteiger partial charge in [-0.1, -0.05) is 6.92 Å². The minimum absolute atomic E-state index is 0.227. The second-order valence-electron chi connectivity index (χ2n) is 3.03. The maximum Gasteiger partial charge on any atom is 0.107 e. The van der Waals surface area contributed by atoms with Gasteiger partial charge in [0.25, 0.3) is 0 Å². The summed E-state index contributed by atoms with van der Waals surface area (Å²) in [4.78, 5) is 2.14. The van der Waals surface area contributed by atoms with Crippen LogP contribution in [0.15, 0.2) is 0 Å². The van der Waals surface area contributed by atoms with Gasteiger partial charge in [-0.25, -0.2) is 0 Å². The summed E-state index contributed by atoms with van der Waals surface area (Å²) < 4.78 is 0. The molecule has 1 saturated heterocycles. The van der Waals surface area contributed by atoms with Crippen molar-refractivity contribution < 1.29 is 5.11 Å². The molecule has 1 aliphatic heterocycles. The normalized spacial score (nSPS) is 24.5. The van der Waals surface area contributed by atoms with E-state index in [0.29, 0.717) is 0 Å². The zero-order valence-corrected chi connectivity index (χ0v) is 7.21. The van der Waals surface area contributed by atoms with E-state index in [1.54, 1.807) is 0 Å². The van der Waals surface area contributed by atoms with Crippen molar-refractivity contribution in [2.24, 2.45) is 0 Å². The largest absolute Gasteiger partial charge is 0.378 e. The Morgan fingerprint density at radius 3 is 3.00 bits per heavy atom. The molecule has 1 rings (SSSR count). The molecule has 0 saturated carbocycles. The molecule has 1 fully saturated rings. The Balaban J connectivity index is 2.30. The van der Waals surface area contributed by atoms with E-state index in [1.165, 1.54) is 0 Å². The fourth-order valence-corrected chi connectivity index (χ4v) is 1.42. The molecule has 0 radical (unpaired) electrons. The van der Waals surface area contributed by atoms with Crippen molar-refractivity contribution in [3.8, 4) is 0 Å². The molecule has 1 aliphatic rings. The van der Waals surface area contributed by atoms with E-state index in [4.69, 9.17) is 0 Å². The molecule has 1 heterocycles. The second-order valence-corrected chi connectivity index (χ2v) is 3.03. The van der Waals surface area contributed by atoms with Gasteiger partial charge in [0.15, 0.2) is 0 Å². The summed E-state index contributed by atoms with van der Waals surface area (Å²) >= 11 is 0. The number of hydrogen-bond acceptors (Lipinski definition) is 3. The SMILES string of the molecule is CCC(O)N1CCCNCC1. The summed E-state index contributed by atoms with van der Waals surface area (Å²) in [5.74, 6) is 0. The lowest BCUT2D eigenvalue weighted by molar-refractivity contribution is 0.00564. The van der Waals surface area contributed by atoms with Gasteiger partial charge in [0.2, 0.25) is 0 Å². The van der Waals surface area contributed by atoms with Crippen molar-refractivity contribution in [1.29, 1.82) is 0 Å². The first-order valence-corrected chi connectivity index (χ1v) is 4.47. The van der Waals surface area contributed by atoms with Crippen molar-refractivity contribution in [2.75, 3.05) is 26.2 Å². The van der Waals surface area contributed by atoms with Crippen molar-refractivity contribution in [2.45, 2.75) is 26.0 Å². The topological polar surface area (TPSA) is 35.5 Å². The highest BCUT2D eigenvalue weighted by molar-refractivity contribution is 4.67. The third-order valence-electron chi connectivity index (χ3n) is 2.16. The first kappa shape index (κ1) is 8.97. The van der Waals surface area contributed by atoms with Gasteiger partial charge >= 0.3 is 0 Å². The number of hydrogen-bond donors (Lipinski definition) is 2. The van der Waals surface area contributed by atoms with Crippen LogP contribution in [-0.4, -0.2) is 42.4 Å². The lowest BCUT2D eigenvalue weighted by Crippen LogP contribution is -2.37. The van der Waals surface area contributed by atoms with Crippen molar-refractivity contribution >= 4 is 0 Å². The Bertz CT molecular complexity index is 100. The number of nitrogens with one attached hydrogen (secondary N) is 1. The fourth-order valence-electron chi connectivity index (χ4n) is 1.42. The molecule has 11 heavy (non-hydrogen) atoms. The standard InChI is InChI=1S/C8H18N2O/c1-2-8(11)10-6-3-4-9-5-7-10/h8-9,11H,2-7H2,1H3. The van der Waals surface area contributed by atoms with Crippen molar-refractivity contribution in [3.05, 3.63) is 0 Å². The van der Waals surface area contributed by atoms with Gasteiger partial charge in [-0.15, -0.1) is 0 Å². The summed E-state index contributed by atoms with van der Waals surface area (Å²) in [5, 5.41) is 12.8.